The average Bonchev–Trinajstić information content (AvgIpc) is 3.37. The fourth-order valence-electron chi connectivity index (χ4n) is 3.42. The van der Waals surface area contributed by atoms with Crippen molar-refractivity contribution in [1.29, 1.82) is 0 Å². The Kier molecular flexibility index (Phi) is 5.02. The maximum absolute atomic E-state index is 12.5. The van der Waals surface area contributed by atoms with Gasteiger partial charge in [0.25, 0.3) is 0 Å². The van der Waals surface area contributed by atoms with Crippen LogP contribution in [-0.2, 0) is 24.4 Å². The Hall–Kier alpha value is -2.93. The van der Waals surface area contributed by atoms with E-state index in [0.717, 1.165) is 24.2 Å². The number of carbonyl (C=O) groups excluding carboxylic acids is 1. The van der Waals surface area contributed by atoms with Gasteiger partial charge in [-0.25, -0.2) is 0 Å². The molecule has 7 nitrogen and oxygen atoms in total. The molecule has 0 aliphatic carbocycles. The first-order valence-electron chi connectivity index (χ1n) is 9.25. The van der Waals surface area contributed by atoms with Gasteiger partial charge in [0.1, 0.15) is 6.10 Å². The first kappa shape index (κ1) is 17.5. The second-order valence-electron chi connectivity index (χ2n) is 6.78. The minimum atomic E-state index is -0.748. The maximum atomic E-state index is 12.5. The van der Waals surface area contributed by atoms with E-state index >= 15 is 0 Å². The predicted octanol–water partition coefficient (Wildman–Crippen LogP) is 1.98. The lowest BCUT2D eigenvalue weighted by molar-refractivity contribution is -0.132. The molecule has 1 atom stereocenters. The smallest absolute Gasteiger partial charge is 0.223 e. The van der Waals surface area contributed by atoms with Crippen molar-refractivity contribution in [1.82, 2.24) is 24.5 Å². The first-order valence-corrected chi connectivity index (χ1v) is 9.25. The monoisotopic (exact) mass is 365 g/mol. The van der Waals surface area contributed by atoms with Crippen molar-refractivity contribution in [2.24, 2.45) is 0 Å². The quantitative estimate of drug-likeness (QED) is 0.725. The highest BCUT2D eigenvalue weighted by molar-refractivity contribution is 5.76. The Bertz CT molecular complexity index is 889. The van der Waals surface area contributed by atoms with Gasteiger partial charge in [0.2, 0.25) is 5.91 Å². The number of aliphatic hydroxyl groups is 1. The molecule has 0 saturated heterocycles. The van der Waals surface area contributed by atoms with Crippen LogP contribution in [0.4, 0.5) is 0 Å². The summed E-state index contributed by atoms with van der Waals surface area (Å²) in [6, 6.07) is 13.3. The minimum absolute atomic E-state index is 0.153. The van der Waals surface area contributed by atoms with Gasteiger partial charge >= 0.3 is 0 Å². The number of amides is 1. The first-order chi connectivity index (χ1) is 13.2. The van der Waals surface area contributed by atoms with Gasteiger partial charge in [-0.15, -0.1) is 0 Å². The van der Waals surface area contributed by atoms with E-state index in [-0.39, 0.29) is 5.91 Å². The number of aromatic nitrogens is 4. The number of aliphatic hydroxyl groups excluding tert-OH is 1. The van der Waals surface area contributed by atoms with Crippen LogP contribution >= 0.6 is 0 Å². The molecule has 1 amide bonds. The number of hydrogen-bond donors (Lipinski definition) is 1. The molecule has 0 fully saturated rings. The number of aryl methyl sites for hydroxylation is 1. The number of hydrogen-bond acceptors (Lipinski definition) is 4. The SMILES string of the molecule is O=C(CCCn1cccn1)N1CCn2nc([C@@H](O)c3ccccc3)cc2C1. The fourth-order valence-corrected chi connectivity index (χ4v) is 3.42. The van der Waals surface area contributed by atoms with E-state index in [1.54, 1.807) is 6.20 Å². The topological polar surface area (TPSA) is 76.2 Å². The third-order valence-corrected chi connectivity index (χ3v) is 4.90. The molecule has 1 aliphatic rings. The molecular formula is C20H23N5O2. The van der Waals surface area contributed by atoms with Gasteiger partial charge in [-0.2, -0.15) is 10.2 Å². The van der Waals surface area contributed by atoms with Crippen LogP contribution in [0.5, 0.6) is 0 Å². The van der Waals surface area contributed by atoms with E-state index in [1.165, 1.54) is 0 Å². The Morgan fingerprint density at radius 3 is 2.81 bits per heavy atom. The molecule has 0 radical (unpaired) electrons. The normalized spacial score (nSPS) is 14.8. The summed E-state index contributed by atoms with van der Waals surface area (Å²) in [5, 5.41) is 19.2. The summed E-state index contributed by atoms with van der Waals surface area (Å²) in [5.41, 5.74) is 2.41. The van der Waals surface area contributed by atoms with Crippen molar-refractivity contribution in [3.63, 3.8) is 0 Å². The van der Waals surface area contributed by atoms with Crippen molar-refractivity contribution >= 4 is 5.91 Å². The van der Waals surface area contributed by atoms with E-state index in [0.29, 0.717) is 31.7 Å². The zero-order valence-electron chi connectivity index (χ0n) is 15.1. The number of fused-ring (bicyclic) bond motifs is 1. The molecule has 0 unspecified atom stereocenters. The molecular weight excluding hydrogens is 342 g/mol. The van der Waals surface area contributed by atoms with Gasteiger partial charge < -0.3 is 10.0 Å². The van der Waals surface area contributed by atoms with Crippen molar-refractivity contribution in [2.45, 2.75) is 38.6 Å². The molecule has 1 aromatic carbocycles. The molecule has 2 aromatic heterocycles. The van der Waals surface area contributed by atoms with Crippen LogP contribution in [0.25, 0.3) is 0 Å². The number of carbonyl (C=O) groups is 1. The third-order valence-electron chi connectivity index (χ3n) is 4.90. The fraction of sp³-hybridized carbons (Fsp3) is 0.350. The summed E-state index contributed by atoms with van der Waals surface area (Å²) in [6.07, 6.45) is 4.18. The molecule has 7 heteroatoms. The molecule has 0 bridgehead atoms. The second kappa shape index (κ2) is 7.75. The summed E-state index contributed by atoms with van der Waals surface area (Å²) in [5.74, 6) is 0.153. The number of rotatable bonds is 6. The molecule has 1 aliphatic heterocycles. The zero-order valence-corrected chi connectivity index (χ0v) is 15.1. The lowest BCUT2D eigenvalue weighted by Gasteiger charge is -2.27. The van der Waals surface area contributed by atoms with E-state index in [9.17, 15) is 9.90 Å². The Morgan fingerprint density at radius 1 is 1.19 bits per heavy atom. The van der Waals surface area contributed by atoms with E-state index in [2.05, 4.69) is 10.2 Å². The number of nitrogens with zero attached hydrogens (tertiary/aromatic N) is 5. The number of benzene rings is 1. The maximum Gasteiger partial charge on any atom is 0.223 e. The lowest BCUT2D eigenvalue weighted by Crippen LogP contribution is -2.38. The molecule has 27 heavy (non-hydrogen) atoms. The summed E-state index contributed by atoms with van der Waals surface area (Å²) in [6.45, 7) is 2.59. The van der Waals surface area contributed by atoms with Crippen LogP contribution in [0, 0.1) is 0 Å². The molecule has 0 saturated carbocycles. The van der Waals surface area contributed by atoms with Crippen LogP contribution in [0.3, 0.4) is 0 Å². The highest BCUT2D eigenvalue weighted by Crippen LogP contribution is 2.23. The van der Waals surface area contributed by atoms with Crippen molar-refractivity contribution in [2.75, 3.05) is 6.54 Å². The van der Waals surface area contributed by atoms with Gasteiger partial charge in [0, 0.05) is 31.9 Å². The van der Waals surface area contributed by atoms with Crippen molar-refractivity contribution < 1.29 is 9.90 Å². The predicted molar refractivity (Wildman–Crippen MR) is 99.6 cm³/mol. The van der Waals surface area contributed by atoms with Gasteiger partial charge in [0.15, 0.2) is 0 Å². The van der Waals surface area contributed by atoms with Crippen LogP contribution in [0.2, 0.25) is 0 Å². The summed E-state index contributed by atoms with van der Waals surface area (Å²) in [7, 11) is 0. The van der Waals surface area contributed by atoms with Gasteiger partial charge in [0.05, 0.1) is 24.5 Å². The summed E-state index contributed by atoms with van der Waals surface area (Å²) < 4.78 is 3.74. The lowest BCUT2D eigenvalue weighted by atomic mass is 10.1. The molecule has 4 rings (SSSR count). The van der Waals surface area contributed by atoms with Gasteiger partial charge in [-0.1, -0.05) is 30.3 Å². The van der Waals surface area contributed by atoms with Crippen LogP contribution in [0.1, 0.15) is 35.9 Å². The Labute approximate surface area is 157 Å². The highest BCUT2D eigenvalue weighted by Gasteiger charge is 2.24. The van der Waals surface area contributed by atoms with Crippen LogP contribution in [-0.4, -0.2) is 42.0 Å². The zero-order chi connectivity index (χ0) is 18.6. The largest absolute Gasteiger partial charge is 0.382 e. The molecule has 0 spiro atoms. The van der Waals surface area contributed by atoms with E-state index in [1.807, 2.05) is 62.9 Å². The van der Waals surface area contributed by atoms with Gasteiger partial charge in [-0.3, -0.25) is 14.2 Å². The Morgan fingerprint density at radius 2 is 2.04 bits per heavy atom. The van der Waals surface area contributed by atoms with Crippen molar-refractivity contribution in [3.05, 3.63) is 71.8 Å². The molecule has 3 aromatic rings. The standard InChI is InChI=1S/C20H23N5O2/c26-19(8-4-10-24-11-5-9-21-24)23-12-13-25-17(15-23)14-18(22-25)20(27)16-6-2-1-3-7-16/h1-3,5-7,9,11,14,20,27H,4,8,10,12-13,15H2/t20-/m0/s1. The third kappa shape index (κ3) is 3.93. The van der Waals surface area contributed by atoms with E-state index in [4.69, 9.17) is 0 Å². The Balaban J connectivity index is 1.36. The summed E-state index contributed by atoms with van der Waals surface area (Å²) in [4.78, 5) is 14.4. The summed E-state index contributed by atoms with van der Waals surface area (Å²) >= 11 is 0. The second-order valence-corrected chi connectivity index (χ2v) is 6.78. The molecule has 3 heterocycles. The van der Waals surface area contributed by atoms with Gasteiger partial charge in [-0.05, 0) is 24.1 Å². The van der Waals surface area contributed by atoms with Crippen LogP contribution in [0.15, 0.2) is 54.9 Å². The minimum Gasteiger partial charge on any atom is -0.382 e. The van der Waals surface area contributed by atoms with Crippen molar-refractivity contribution in [3.8, 4) is 0 Å². The highest BCUT2D eigenvalue weighted by atomic mass is 16.3. The van der Waals surface area contributed by atoms with Crippen LogP contribution < -0.4 is 0 Å². The average molecular weight is 365 g/mol. The molecule has 1 N–H and O–H groups in total. The molecule has 140 valence electrons. The van der Waals surface area contributed by atoms with E-state index < -0.39 is 6.10 Å².